The molecule has 0 radical (unpaired) electrons. The molecular weight excluding hydrogens is 148 g/mol. The Labute approximate surface area is 72.7 Å². The molecule has 0 bridgehead atoms. The standard InChI is InChI=1S/C7H16O.Ti/c1-3-5-7(8)6-4-2;/h7-8H,3-6H2,1-2H3;. The summed E-state index contributed by atoms with van der Waals surface area (Å²) in [5.74, 6) is 0. The minimum Gasteiger partial charge on any atom is -0.393 e. The molecule has 2 heteroatoms. The van der Waals surface area contributed by atoms with Crippen LogP contribution in [-0.4, -0.2) is 11.2 Å². The molecule has 1 nitrogen and oxygen atoms in total. The van der Waals surface area contributed by atoms with Crippen molar-refractivity contribution in [2.24, 2.45) is 0 Å². The van der Waals surface area contributed by atoms with E-state index in [0.29, 0.717) is 0 Å². The fraction of sp³-hybridized carbons (Fsp3) is 1.00. The van der Waals surface area contributed by atoms with Gasteiger partial charge in [0, 0.05) is 21.7 Å². The molecule has 0 amide bonds. The molecule has 0 saturated heterocycles. The van der Waals surface area contributed by atoms with E-state index >= 15 is 0 Å². The minimum absolute atomic E-state index is 0. The third kappa shape index (κ3) is 8.67. The molecule has 0 aliphatic carbocycles. The van der Waals surface area contributed by atoms with Gasteiger partial charge in [0.05, 0.1) is 6.10 Å². The molecule has 0 aromatic heterocycles. The zero-order valence-corrected chi connectivity index (χ0v) is 7.91. The summed E-state index contributed by atoms with van der Waals surface area (Å²) < 4.78 is 0. The third-order valence-electron chi connectivity index (χ3n) is 1.24. The van der Waals surface area contributed by atoms with Gasteiger partial charge in [-0.1, -0.05) is 26.7 Å². The van der Waals surface area contributed by atoms with Crippen LogP contribution in [0.5, 0.6) is 0 Å². The van der Waals surface area contributed by atoms with E-state index in [1.54, 1.807) is 0 Å². The smallest absolute Gasteiger partial charge is 0.0540 e. The molecular formula is C7H16OTi. The van der Waals surface area contributed by atoms with E-state index in [1.807, 2.05) is 0 Å². The molecule has 0 aromatic rings. The Morgan fingerprint density at radius 1 is 1.11 bits per heavy atom. The summed E-state index contributed by atoms with van der Waals surface area (Å²) >= 11 is 0. The van der Waals surface area contributed by atoms with Crippen LogP contribution in [0.2, 0.25) is 0 Å². The molecule has 0 unspecified atom stereocenters. The zero-order valence-electron chi connectivity index (χ0n) is 6.35. The van der Waals surface area contributed by atoms with E-state index in [4.69, 9.17) is 5.11 Å². The van der Waals surface area contributed by atoms with Crippen molar-refractivity contribution in [2.45, 2.75) is 45.6 Å². The normalized spacial score (nSPS) is 9.33. The molecule has 0 spiro atoms. The summed E-state index contributed by atoms with van der Waals surface area (Å²) in [6.45, 7) is 4.19. The summed E-state index contributed by atoms with van der Waals surface area (Å²) in [7, 11) is 0. The van der Waals surface area contributed by atoms with Crippen molar-refractivity contribution in [3.8, 4) is 0 Å². The van der Waals surface area contributed by atoms with E-state index in [2.05, 4.69) is 13.8 Å². The Kier molecular flexibility index (Phi) is 11.9. The Hall–Kier alpha value is 0.674. The first-order chi connectivity index (χ1) is 3.81. The van der Waals surface area contributed by atoms with Gasteiger partial charge in [0.15, 0.2) is 0 Å². The summed E-state index contributed by atoms with van der Waals surface area (Å²) in [5, 5.41) is 9.05. The van der Waals surface area contributed by atoms with E-state index < -0.39 is 0 Å². The molecule has 0 atom stereocenters. The first-order valence-corrected chi connectivity index (χ1v) is 3.49. The second-order valence-corrected chi connectivity index (χ2v) is 2.23. The maximum absolute atomic E-state index is 9.05. The predicted octanol–water partition coefficient (Wildman–Crippen LogP) is 1.95. The third-order valence-corrected chi connectivity index (χ3v) is 1.24. The molecule has 0 saturated carbocycles. The van der Waals surface area contributed by atoms with Gasteiger partial charge in [-0.15, -0.1) is 0 Å². The van der Waals surface area contributed by atoms with Crippen molar-refractivity contribution in [3.05, 3.63) is 0 Å². The maximum atomic E-state index is 9.05. The van der Waals surface area contributed by atoms with Crippen molar-refractivity contribution in [2.75, 3.05) is 0 Å². The summed E-state index contributed by atoms with van der Waals surface area (Å²) in [4.78, 5) is 0. The Balaban J connectivity index is 0. The molecule has 0 rings (SSSR count). The second-order valence-electron chi connectivity index (χ2n) is 2.23. The van der Waals surface area contributed by atoms with Gasteiger partial charge in [-0.2, -0.15) is 0 Å². The quantitative estimate of drug-likeness (QED) is 0.629. The van der Waals surface area contributed by atoms with Crippen LogP contribution in [0.1, 0.15) is 39.5 Å². The largest absolute Gasteiger partial charge is 0.393 e. The number of rotatable bonds is 4. The van der Waals surface area contributed by atoms with Crippen LogP contribution in [0, 0.1) is 0 Å². The number of hydrogen-bond acceptors (Lipinski definition) is 1. The van der Waals surface area contributed by atoms with Gasteiger partial charge in [0.1, 0.15) is 0 Å². The van der Waals surface area contributed by atoms with Crippen LogP contribution >= 0.6 is 0 Å². The van der Waals surface area contributed by atoms with E-state index in [9.17, 15) is 0 Å². The van der Waals surface area contributed by atoms with Crippen molar-refractivity contribution in [3.63, 3.8) is 0 Å². The van der Waals surface area contributed by atoms with E-state index in [-0.39, 0.29) is 27.8 Å². The molecule has 0 fully saturated rings. The molecule has 9 heavy (non-hydrogen) atoms. The van der Waals surface area contributed by atoms with Crippen molar-refractivity contribution >= 4 is 0 Å². The molecule has 54 valence electrons. The maximum Gasteiger partial charge on any atom is 0.0540 e. The van der Waals surface area contributed by atoms with Crippen LogP contribution in [0.15, 0.2) is 0 Å². The summed E-state index contributed by atoms with van der Waals surface area (Å²) in [5.41, 5.74) is 0. The van der Waals surface area contributed by atoms with Gasteiger partial charge in [0.2, 0.25) is 0 Å². The van der Waals surface area contributed by atoms with Crippen molar-refractivity contribution < 1.29 is 26.8 Å². The first kappa shape index (κ1) is 12.4. The summed E-state index contributed by atoms with van der Waals surface area (Å²) in [6.07, 6.45) is 4.09. The number of aliphatic hydroxyl groups excluding tert-OH is 1. The number of hydrogen-bond donors (Lipinski definition) is 1. The molecule has 1 N–H and O–H groups in total. The van der Waals surface area contributed by atoms with Gasteiger partial charge < -0.3 is 5.11 Å². The molecule has 0 heterocycles. The topological polar surface area (TPSA) is 20.2 Å². The van der Waals surface area contributed by atoms with Gasteiger partial charge in [-0.25, -0.2) is 0 Å². The monoisotopic (exact) mass is 164 g/mol. The fourth-order valence-electron chi connectivity index (χ4n) is 0.811. The van der Waals surface area contributed by atoms with Gasteiger partial charge >= 0.3 is 0 Å². The van der Waals surface area contributed by atoms with Crippen LogP contribution < -0.4 is 0 Å². The fourth-order valence-corrected chi connectivity index (χ4v) is 0.811. The summed E-state index contributed by atoms with van der Waals surface area (Å²) in [6, 6.07) is 0. The van der Waals surface area contributed by atoms with E-state index in [0.717, 1.165) is 25.7 Å². The van der Waals surface area contributed by atoms with Crippen LogP contribution in [-0.2, 0) is 21.7 Å². The van der Waals surface area contributed by atoms with Crippen molar-refractivity contribution in [1.82, 2.24) is 0 Å². The first-order valence-electron chi connectivity index (χ1n) is 3.49. The Morgan fingerprint density at radius 3 is 1.67 bits per heavy atom. The molecule has 0 aliphatic rings. The van der Waals surface area contributed by atoms with Crippen LogP contribution in [0.3, 0.4) is 0 Å². The van der Waals surface area contributed by atoms with Crippen LogP contribution in [0.25, 0.3) is 0 Å². The molecule has 0 aliphatic heterocycles. The zero-order chi connectivity index (χ0) is 6.41. The second kappa shape index (κ2) is 8.67. The Bertz CT molecular complexity index is 42.2. The van der Waals surface area contributed by atoms with Crippen molar-refractivity contribution in [1.29, 1.82) is 0 Å². The van der Waals surface area contributed by atoms with Gasteiger partial charge in [-0.3, -0.25) is 0 Å². The average molecular weight is 164 g/mol. The number of aliphatic hydroxyl groups is 1. The average Bonchev–Trinajstić information content (AvgIpc) is 1.68. The SMILES string of the molecule is CCCC(O)CCC.[Ti]. The van der Waals surface area contributed by atoms with Crippen LogP contribution in [0.4, 0.5) is 0 Å². The van der Waals surface area contributed by atoms with E-state index in [1.165, 1.54) is 0 Å². The van der Waals surface area contributed by atoms with Gasteiger partial charge in [0.25, 0.3) is 0 Å². The van der Waals surface area contributed by atoms with Gasteiger partial charge in [-0.05, 0) is 12.8 Å². The molecule has 0 aromatic carbocycles. The predicted molar refractivity (Wildman–Crippen MR) is 35.8 cm³/mol. The minimum atomic E-state index is -0.0370. The Morgan fingerprint density at radius 2 is 1.44 bits per heavy atom.